The minimum absolute atomic E-state index is 0.168. The number of rotatable bonds is 5. The topological polar surface area (TPSA) is 55.8 Å². The average Bonchev–Trinajstić information content (AvgIpc) is 2.29. The molecule has 94 valence electrons. The van der Waals surface area contributed by atoms with Crippen LogP contribution >= 0.6 is 15.9 Å². The Morgan fingerprint density at radius 1 is 1.53 bits per heavy atom. The van der Waals surface area contributed by atoms with Crippen molar-refractivity contribution < 1.29 is 19.4 Å². The van der Waals surface area contributed by atoms with Crippen LogP contribution in [0.2, 0.25) is 0 Å². The largest absolute Gasteiger partial charge is 0.496 e. The van der Waals surface area contributed by atoms with E-state index >= 15 is 0 Å². The van der Waals surface area contributed by atoms with Gasteiger partial charge in [0.2, 0.25) is 0 Å². The molecule has 0 heterocycles. The fraction of sp³-hybridized carbons (Fsp3) is 0.417. The van der Waals surface area contributed by atoms with Gasteiger partial charge in [-0.25, -0.2) is 4.79 Å². The summed E-state index contributed by atoms with van der Waals surface area (Å²) in [5.41, 5.74) is 0.752. The van der Waals surface area contributed by atoms with Gasteiger partial charge in [0.05, 0.1) is 13.7 Å². The van der Waals surface area contributed by atoms with Crippen LogP contribution in [-0.4, -0.2) is 30.9 Å². The number of ether oxygens (including phenoxy) is 2. The first-order valence-electron chi connectivity index (χ1n) is 5.25. The van der Waals surface area contributed by atoms with Crippen LogP contribution in [0.3, 0.4) is 0 Å². The van der Waals surface area contributed by atoms with E-state index in [1.54, 1.807) is 26.2 Å². The molecule has 0 aliphatic rings. The lowest BCUT2D eigenvalue weighted by Crippen LogP contribution is -2.25. The number of aliphatic hydroxyl groups excluding tert-OH is 1. The molecule has 0 radical (unpaired) electrons. The number of carbonyl (C=O) groups excluding carboxylic acids is 1. The van der Waals surface area contributed by atoms with Crippen molar-refractivity contribution in [2.75, 3.05) is 13.7 Å². The van der Waals surface area contributed by atoms with Crippen LogP contribution in [0, 0.1) is 0 Å². The number of aliphatic hydroxyl groups is 1. The summed E-state index contributed by atoms with van der Waals surface area (Å²) in [6, 6.07) is 5.41. The van der Waals surface area contributed by atoms with Crippen LogP contribution in [0.1, 0.15) is 12.5 Å². The SMILES string of the molecule is CCOC(=O)C(O)Cc1cc(Br)ccc1OC. The van der Waals surface area contributed by atoms with Crippen molar-refractivity contribution in [3.05, 3.63) is 28.2 Å². The van der Waals surface area contributed by atoms with E-state index in [0.717, 1.165) is 10.0 Å². The molecule has 17 heavy (non-hydrogen) atoms. The van der Waals surface area contributed by atoms with Gasteiger partial charge in [0, 0.05) is 10.9 Å². The van der Waals surface area contributed by atoms with Gasteiger partial charge in [-0.1, -0.05) is 15.9 Å². The molecule has 0 aliphatic heterocycles. The second kappa shape index (κ2) is 6.61. The van der Waals surface area contributed by atoms with E-state index in [4.69, 9.17) is 9.47 Å². The minimum Gasteiger partial charge on any atom is -0.496 e. The second-order valence-electron chi connectivity index (χ2n) is 3.43. The molecule has 5 heteroatoms. The van der Waals surface area contributed by atoms with Gasteiger partial charge in [0.15, 0.2) is 6.10 Å². The monoisotopic (exact) mass is 302 g/mol. The van der Waals surface area contributed by atoms with Crippen LogP contribution in [0.5, 0.6) is 5.75 Å². The molecular weight excluding hydrogens is 288 g/mol. The molecule has 0 bridgehead atoms. The van der Waals surface area contributed by atoms with E-state index in [1.165, 1.54) is 0 Å². The van der Waals surface area contributed by atoms with Gasteiger partial charge < -0.3 is 14.6 Å². The quantitative estimate of drug-likeness (QED) is 0.845. The molecule has 0 aromatic heterocycles. The van der Waals surface area contributed by atoms with Crippen molar-refractivity contribution in [3.8, 4) is 5.75 Å². The zero-order valence-corrected chi connectivity index (χ0v) is 11.4. The van der Waals surface area contributed by atoms with E-state index in [0.29, 0.717) is 5.75 Å². The predicted octanol–water partition coefficient (Wildman–Crippen LogP) is 1.92. The van der Waals surface area contributed by atoms with E-state index in [-0.39, 0.29) is 13.0 Å². The molecule has 1 N–H and O–H groups in total. The molecule has 1 aromatic carbocycles. The first-order chi connectivity index (χ1) is 8.08. The van der Waals surface area contributed by atoms with Crippen molar-refractivity contribution in [3.63, 3.8) is 0 Å². The van der Waals surface area contributed by atoms with Crippen LogP contribution in [0.15, 0.2) is 22.7 Å². The highest BCUT2D eigenvalue weighted by molar-refractivity contribution is 9.10. The van der Waals surface area contributed by atoms with E-state index in [2.05, 4.69) is 15.9 Å². The lowest BCUT2D eigenvalue weighted by molar-refractivity contribution is -0.152. The molecule has 1 atom stereocenters. The van der Waals surface area contributed by atoms with Crippen LogP contribution in [0.25, 0.3) is 0 Å². The summed E-state index contributed by atoms with van der Waals surface area (Å²) >= 11 is 3.33. The lowest BCUT2D eigenvalue weighted by atomic mass is 10.1. The number of hydrogen-bond donors (Lipinski definition) is 1. The molecule has 0 saturated carbocycles. The van der Waals surface area contributed by atoms with Gasteiger partial charge in [-0.15, -0.1) is 0 Å². The van der Waals surface area contributed by atoms with Crippen molar-refractivity contribution in [1.82, 2.24) is 0 Å². The Morgan fingerprint density at radius 3 is 2.82 bits per heavy atom. The number of benzene rings is 1. The van der Waals surface area contributed by atoms with Gasteiger partial charge >= 0.3 is 5.97 Å². The summed E-state index contributed by atoms with van der Waals surface area (Å²) in [5, 5.41) is 9.67. The number of halogens is 1. The number of carbonyl (C=O) groups is 1. The second-order valence-corrected chi connectivity index (χ2v) is 4.34. The maximum Gasteiger partial charge on any atom is 0.335 e. The minimum atomic E-state index is -1.17. The van der Waals surface area contributed by atoms with Gasteiger partial charge in [-0.3, -0.25) is 0 Å². The number of hydrogen-bond acceptors (Lipinski definition) is 4. The molecule has 4 nitrogen and oxygen atoms in total. The van der Waals surface area contributed by atoms with Crippen LogP contribution in [-0.2, 0) is 16.0 Å². The van der Waals surface area contributed by atoms with Crippen LogP contribution < -0.4 is 4.74 Å². The van der Waals surface area contributed by atoms with Gasteiger partial charge in [0.1, 0.15) is 5.75 Å². The molecule has 0 amide bonds. The lowest BCUT2D eigenvalue weighted by Gasteiger charge is -2.12. The summed E-state index contributed by atoms with van der Waals surface area (Å²) in [6.07, 6.45) is -1.00. The Balaban J connectivity index is 2.79. The third-order valence-corrected chi connectivity index (χ3v) is 2.71. The summed E-state index contributed by atoms with van der Waals surface area (Å²) < 4.78 is 10.8. The average molecular weight is 303 g/mol. The zero-order valence-electron chi connectivity index (χ0n) is 9.77. The molecule has 0 fully saturated rings. The van der Waals surface area contributed by atoms with E-state index in [1.807, 2.05) is 6.07 Å². The standard InChI is InChI=1S/C12H15BrO4/c1-3-17-12(15)10(14)7-8-6-9(13)4-5-11(8)16-2/h4-6,10,14H,3,7H2,1-2H3. The van der Waals surface area contributed by atoms with Crippen molar-refractivity contribution in [1.29, 1.82) is 0 Å². The molecule has 1 aromatic rings. The Morgan fingerprint density at radius 2 is 2.24 bits per heavy atom. The Bertz CT molecular complexity index is 392. The third kappa shape index (κ3) is 4.02. The van der Waals surface area contributed by atoms with Crippen molar-refractivity contribution in [2.24, 2.45) is 0 Å². The molecule has 0 saturated heterocycles. The number of esters is 1. The highest BCUT2D eigenvalue weighted by atomic mass is 79.9. The third-order valence-electron chi connectivity index (χ3n) is 2.21. The van der Waals surface area contributed by atoms with Crippen molar-refractivity contribution >= 4 is 21.9 Å². The Kier molecular flexibility index (Phi) is 5.44. The van der Waals surface area contributed by atoms with Crippen molar-refractivity contribution in [2.45, 2.75) is 19.4 Å². The van der Waals surface area contributed by atoms with E-state index in [9.17, 15) is 9.90 Å². The molecule has 1 unspecified atom stereocenters. The van der Waals surface area contributed by atoms with Gasteiger partial charge in [-0.2, -0.15) is 0 Å². The smallest absolute Gasteiger partial charge is 0.335 e. The highest BCUT2D eigenvalue weighted by Crippen LogP contribution is 2.24. The molecule has 0 spiro atoms. The highest BCUT2D eigenvalue weighted by Gasteiger charge is 2.18. The summed E-state index contributed by atoms with van der Waals surface area (Å²) in [5.74, 6) is 0.0195. The zero-order chi connectivity index (χ0) is 12.8. The maximum absolute atomic E-state index is 11.3. The summed E-state index contributed by atoms with van der Waals surface area (Å²) in [6.45, 7) is 1.95. The first-order valence-corrected chi connectivity index (χ1v) is 6.05. The van der Waals surface area contributed by atoms with Crippen LogP contribution in [0.4, 0.5) is 0 Å². The molecule has 0 aliphatic carbocycles. The predicted molar refractivity (Wildman–Crippen MR) is 67.0 cm³/mol. The van der Waals surface area contributed by atoms with Gasteiger partial charge in [0.25, 0.3) is 0 Å². The number of methoxy groups -OCH3 is 1. The summed E-state index contributed by atoms with van der Waals surface area (Å²) in [7, 11) is 1.55. The Labute approximate surface area is 109 Å². The molecular formula is C12H15BrO4. The maximum atomic E-state index is 11.3. The first kappa shape index (κ1) is 14.0. The molecule has 1 rings (SSSR count). The van der Waals surface area contributed by atoms with E-state index < -0.39 is 12.1 Å². The van der Waals surface area contributed by atoms with Gasteiger partial charge in [-0.05, 0) is 30.7 Å². The fourth-order valence-corrected chi connectivity index (χ4v) is 1.85. The fourth-order valence-electron chi connectivity index (χ4n) is 1.44. The normalized spacial score (nSPS) is 12.0. The Hall–Kier alpha value is -1.07. The summed E-state index contributed by atoms with van der Waals surface area (Å²) in [4.78, 5) is 11.3.